The lowest BCUT2D eigenvalue weighted by atomic mass is 10.0. The van der Waals surface area contributed by atoms with Crippen LogP contribution in [0.1, 0.15) is 12.7 Å². The van der Waals surface area contributed by atoms with E-state index in [0.717, 1.165) is 24.3 Å². The predicted octanol–water partition coefficient (Wildman–Crippen LogP) is 2.45. The van der Waals surface area contributed by atoms with Crippen molar-refractivity contribution in [3.63, 3.8) is 0 Å². The van der Waals surface area contributed by atoms with E-state index in [0.29, 0.717) is 5.76 Å². The second-order valence-electron chi connectivity index (χ2n) is 5.60. The van der Waals surface area contributed by atoms with Gasteiger partial charge in [-0.1, -0.05) is 0 Å². The molecule has 1 aromatic carbocycles. The molecule has 2 N–H and O–H groups in total. The standard InChI is InChI=1S/C15H16F3NO5S/c1-14(20,9-12-3-2-8-23-12)10-19-25(21,22)13-6-4-11(5-7-13)24-15(16,17)18/h2-8,19-20H,9-10H2,1H3. The summed E-state index contributed by atoms with van der Waals surface area (Å²) in [7, 11) is -4.01. The molecule has 0 aliphatic rings. The molecule has 0 bridgehead atoms. The zero-order valence-electron chi connectivity index (χ0n) is 13.1. The van der Waals surface area contributed by atoms with Crippen molar-refractivity contribution in [2.75, 3.05) is 6.54 Å². The van der Waals surface area contributed by atoms with Crippen LogP contribution in [0, 0.1) is 0 Å². The van der Waals surface area contributed by atoms with Gasteiger partial charge in [0.2, 0.25) is 10.0 Å². The lowest BCUT2D eigenvalue weighted by Gasteiger charge is -2.22. The van der Waals surface area contributed by atoms with Gasteiger partial charge >= 0.3 is 6.36 Å². The lowest BCUT2D eigenvalue weighted by Crippen LogP contribution is -2.42. The Balaban J connectivity index is 2.01. The molecular formula is C15H16F3NO5S. The third-order valence-electron chi connectivity index (χ3n) is 3.15. The van der Waals surface area contributed by atoms with Gasteiger partial charge in [0.15, 0.2) is 0 Å². The molecule has 2 aromatic rings. The summed E-state index contributed by atoms with van der Waals surface area (Å²) >= 11 is 0. The van der Waals surface area contributed by atoms with Crippen LogP contribution in [0.15, 0.2) is 52.0 Å². The van der Waals surface area contributed by atoms with E-state index in [9.17, 15) is 26.7 Å². The summed E-state index contributed by atoms with van der Waals surface area (Å²) in [5.41, 5.74) is -1.41. The second kappa shape index (κ2) is 7.06. The van der Waals surface area contributed by atoms with E-state index in [2.05, 4.69) is 9.46 Å². The van der Waals surface area contributed by atoms with Crippen LogP contribution in [0.25, 0.3) is 0 Å². The van der Waals surface area contributed by atoms with Gasteiger partial charge in [0, 0.05) is 13.0 Å². The Kier molecular flexibility index (Phi) is 5.45. The summed E-state index contributed by atoms with van der Waals surface area (Å²) in [6.07, 6.45) is -3.34. The highest BCUT2D eigenvalue weighted by molar-refractivity contribution is 7.89. The molecule has 10 heteroatoms. The van der Waals surface area contributed by atoms with Crippen LogP contribution in [-0.2, 0) is 16.4 Å². The number of alkyl halides is 3. The topological polar surface area (TPSA) is 88.8 Å². The van der Waals surface area contributed by atoms with Crippen molar-refractivity contribution in [3.05, 3.63) is 48.4 Å². The first-order chi connectivity index (χ1) is 11.5. The number of halogens is 3. The molecule has 25 heavy (non-hydrogen) atoms. The number of benzene rings is 1. The predicted molar refractivity (Wildman–Crippen MR) is 81.3 cm³/mol. The summed E-state index contributed by atoms with van der Waals surface area (Å²) in [6.45, 7) is 1.12. The Labute approximate surface area is 142 Å². The SMILES string of the molecule is CC(O)(CNS(=O)(=O)c1ccc(OC(F)(F)F)cc1)Cc1ccco1. The number of furan rings is 1. The molecule has 1 aromatic heterocycles. The normalized spacial score (nSPS) is 14.9. The molecule has 0 saturated heterocycles. The fourth-order valence-electron chi connectivity index (χ4n) is 2.01. The number of aliphatic hydroxyl groups is 1. The largest absolute Gasteiger partial charge is 0.573 e. The summed E-state index contributed by atoms with van der Waals surface area (Å²) in [5, 5.41) is 10.2. The quantitative estimate of drug-likeness (QED) is 0.772. The molecule has 1 heterocycles. The van der Waals surface area contributed by atoms with Crippen LogP contribution in [0.5, 0.6) is 5.75 Å². The van der Waals surface area contributed by atoms with Gasteiger partial charge in [-0.05, 0) is 43.3 Å². The van der Waals surface area contributed by atoms with Crippen LogP contribution in [-0.4, -0.2) is 32.0 Å². The first-order valence-corrected chi connectivity index (χ1v) is 8.55. The minimum Gasteiger partial charge on any atom is -0.469 e. The third kappa shape index (κ3) is 6.07. The van der Waals surface area contributed by atoms with Gasteiger partial charge in [0.1, 0.15) is 11.5 Å². The average Bonchev–Trinajstić information content (AvgIpc) is 2.96. The Bertz CT molecular complexity index is 784. The van der Waals surface area contributed by atoms with Gasteiger partial charge < -0.3 is 14.3 Å². The molecule has 1 atom stereocenters. The van der Waals surface area contributed by atoms with Crippen molar-refractivity contribution >= 4 is 10.0 Å². The van der Waals surface area contributed by atoms with Crippen molar-refractivity contribution in [3.8, 4) is 5.75 Å². The van der Waals surface area contributed by atoms with E-state index < -0.39 is 27.7 Å². The highest BCUT2D eigenvalue weighted by Gasteiger charge is 2.31. The van der Waals surface area contributed by atoms with Crippen LogP contribution < -0.4 is 9.46 Å². The molecule has 0 amide bonds. The Hall–Kier alpha value is -2.04. The lowest BCUT2D eigenvalue weighted by molar-refractivity contribution is -0.274. The Morgan fingerprint density at radius 2 is 1.84 bits per heavy atom. The smallest absolute Gasteiger partial charge is 0.469 e. The van der Waals surface area contributed by atoms with Gasteiger partial charge in [0.25, 0.3) is 0 Å². The van der Waals surface area contributed by atoms with Crippen molar-refractivity contribution in [2.24, 2.45) is 0 Å². The number of hydrogen-bond acceptors (Lipinski definition) is 5. The second-order valence-corrected chi connectivity index (χ2v) is 7.36. The number of ether oxygens (including phenoxy) is 1. The van der Waals surface area contributed by atoms with Crippen molar-refractivity contribution in [1.82, 2.24) is 4.72 Å². The van der Waals surface area contributed by atoms with E-state index in [1.165, 1.54) is 13.2 Å². The van der Waals surface area contributed by atoms with Gasteiger partial charge in [-0.3, -0.25) is 0 Å². The van der Waals surface area contributed by atoms with Crippen molar-refractivity contribution in [2.45, 2.75) is 30.2 Å². The molecule has 0 aliphatic heterocycles. The fraction of sp³-hybridized carbons (Fsp3) is 0.333. The molecule has 0 spiro atoms. The molecule has 0 saturated carbocycles. The molecular weight excluding hydrogens is 363 g/mol. The molecule has 1 unspecified atom stereocenters. The van der Waals surface area contributed by atoms with Gasteiger partial charge in [-0.25, -0.2) is 13.1 Å². The number of rotatable bonds is 7. The van der Waals surface area contributed by atoms with E-state index in [-0.39, 0.29) is 17.9 Å². The third-order valence-corrected chi connectivity index (χ3v) is 4.56. The number of hydrogen-bond donors (Lipinski definition) is 2. The number of sulfonamides is 1. The van der Waals surface area contributed by atoms with Crippen LogP contribution >= 0.6 is 0 Å². The summed E-state index contributed by atoms with van der Waals surface area (Å²) in [5.74, 6) is -0.0471. The summed E-state index contributed by atoms with van der Waals surface area (Å²) < 4.78 is 71.6. The van der Waals surface area contributed by atoms with Gasteiger partial charge in [0.05, 0.1) is 16.8 Å². The monoisotopic (exact) mass is 379 g/mol. The fourth-order valence-corrected chi connectivity index (χ4v) is 3.17. The van der Waals surface area contributed by atoms with Crippen LogP contribution in [0.4, 0.5) is 13.2 Å². The first kappa shape index (κ1) is 19.3. The minimum absolute atomic E-state index is 0.0842. The Morgan fingerprint density at radius 1 is 1.20 bits per heavy atom. The van der Waals surface area contributed by atoms with Gasteiger partial charge in [-0.15, -0.1) is 13.2 Å². The molecule has 0 aliphatic carbocycles. The molecule has 138 valence electrons. The highest BCUT2D eigenvalue weighted by atomic mass is 32.2. The van der Waals surface area contributed by atoms with Crippen molar-refractivity contribution < 1.29 is 35.8 Å². The maximum absolute atomic E-state index is 12.2. The number of nitrogens with one attached hydrogen (secondary N) is 1. The van der Waals surface area contributed by atoms with E-state index in [1.807, 2.05) is 0 Å². The summed E-state index contributed by atoms with van der Waals surface area (Å²) in [4.78, 5) is -0.254. The summed E-state index contributed by atoms with van der Waals surface area (Å²) in [6, 6.07) is 7.02. The zero-order chi connectivity index (χ0) is 18.7. The maximum atomic E-state index is 12.2. The minimum atomic E-state index is -4.86. The molecule has 0 fully saturated rings. The van der Waals surface area contributed by atoms with E-state index in [4.69, 9.17) is 4.42 Å². The van der Waals surface area contributed by atoms with E-state index in [1.54, 1.807) is 12.1 Å². The maximum Gasteiger partial charge on any atom is 0.573 e. The molecule has 2 rings (SSSR count). The van der Waals surface area contributed by atoms with Crippen molar-refractivity contribution in [1.29, 1.82) is 0 Å². The zero-order valence-corrected chi connectivity index (χ0v) is 13.9. The average molecular weight is 379 g/mol. The first-order valence-electron chi connectivity index (χ1n) is 7.07. The Morgan fingerprint density at radius 3 is 2.36 bits per heavy atom. The van der Waals surface area contributed by atoms with Crippen LogP contribution in [0.3, 0.4) is 0 Å². The van der Waals surface area contributed by atoms with E-state index >= 15 is 0 Å². The van der Waals surface area contributed by atoms with Gasteiger partial charge in [-0.2, -0.15) is 0 Å². The molecule has 0 radical (unpaired) electrons. The van der Waals surface area contributed by atoms with Crippen LogP contribution in [0.2, 0.25) is 0 Å². The molecule has 6 nitrogen and oxygen atoms in total. The highest BCUT2D eigenvalue weighted by Crippen LogP contribution is 2.24.